The Bertz CT molecular complexity index is 609. The van der Waals surface area contributed by atoms with Crippen LogP contribution in [-0.4, -0.2) is 45.5 Å². The topological polar surface area (TPSA) is 61.4 Å². The van der Waals surface area contributed by atoms with Crippen LogP contribution in [-0.2, 0) is 16.4 Å². The first-order valence-corrected chi connectivity index (χ1v) is 9.15. The van der Waals surface area contributed by atoms with Gasteiger partial charge in [0.25, 0.3) is 0 Å². The molecule has 0 aliphatic carbocycles. The van der Waals surface area contributed by atoms with E-state index in [1.165, 1.54) is 12.8 Å². The molecular weight excluding hydrogens is 286 g/mol. The Morgan fingerprint density at radius 3 is 2.86 bits per heavy atom. The highest BCUT2D eigenvalue weighted by Gasteiger charge is 2.22. The molecule has 1 unspecified atom stereocenters. The van der Waals surface area contributed by atoms with Gasteiger partial charge >= 0.3 is 0 Å². The van der Waals surface area contributed by atoms with Gasteiger partial charge in [0.15, 0.2) is 0 Å². The minimum Gasteiger partial charge on any atom is -0.384 e. The average Bonchev–Trinajstić information content (AvgIpc) is 3.14. The number of anilines is 1. The summed E-state index contributed by atoms with van der Waals surface area (Å²) in [5.41, 5.74) is 2.14. The minimum absolute atomic E-state index is 0.248. The quantitative estimate of drug-likeness (QED) is 0.863. The number of nitrogens with zero attached hydrogens (tertiary/aromatic N) is 1. The van der Waals surface area contributed by atoms with Crippen LogP contribution in [0.3, 0.4) is 0 Å². The molecule has 2 N–H and O–H groups in total. The number of hydrogen-bond acceptors (Lipinski definition) is 4. The molecule has 2 aliphatic rings. The molecule has 3 rings (SSSR count). The van der Waals surface area contributed by atoms with Gasteiger partial charge in [0.05, 0.1) is 4.90 Å². The highest BCUT2D eigenvalue weighted by Crippen LogP contribution is 2.25. The summed E-state index contributed by atoms with van der Waals surface area (Å²) in [7, 11) is -3.41. The van der Waals surface area contributed by atoms with Crippen LogP contribution in [0.5, 0.6) is 0 Å². The summed E-state index contributed by atoms with van der Waals surface area (Å²) in [5, 5.41) is 3.24. The molecule has 0 saturated carbocycles. The Kier molecular flexibility index (Phi) is 4.19. The number of likely N-dealkylation sites (tertiary alicyclic amines) is 1. The van der Waals surface area contributed by atoms with E-state index in [9.17, 15) is 8.42 Å². The number of sulfonamides is 1. The molecule has 2 heterocycles. The standard InChI is InChI=1S/C15H23N3O2S/c1-12(18-8-2-3-9-18)11-17-21(19,20)14-4-5-15-13(10-14)6-7-16-15/h4-5,10,12,16-17H,2-3,6-9,11H2,1H3. The van der Waals surface area contributed by atoms with E-state index >= 15 is 0 Å². The highest BCUT2D eigenvalue weighted by molar-refractivity contribution is 7.89. The van der Waals surface area contributed by atoms with Gasteiger partial charge in [-0.3, -0.25) is 4.90 Å². The summed E-state index contributed by atoms with van der Waals surface area (Å²) in [6.45, 7) is 5.59. The fourth-order valence-corrected chi connectivity index (χ4v) is 4.25. The zero-order chi connectivity index (χ0) is 14.9. The summed E-state index contributed by atoms with van der Waals surface area (Å²) < 4.78 is 27.6. The minimum atomic E-state index is -3.41. The Balaban J connectivity index is 1.66. The van der Waals surface area contributed by atoms with E-state index in [2.05, 4.69) is 21.9 Å². The maximum absolute atomic E-state index is 12.4. The van der Waals surface area contributed by atoms with Crippen molar-refractivity contribution < 1.29 is 8.42 Å². The second-order valence-electron chi connectivity index (χ2n) is 5.94. The van der Waals surface area contributed by atoms with E-state index in [-0.39, 0.29) is 6.04 Å². The fourth-order valence-electron chi connectivity index (χ4n) is 3.07. The monoisotopic (exact) mass is 309 g/mol. The molecule has 1 aromatic carbocycles. The number of fused-ring (bicyclic) bond motifs is 1. The summed E-state index contributed by atoms with van der Waals surface area (Å²) in [6.07, 6.45) is 3.33. The number of rotatable bonds is 5. The van der Waals surface area contributed by atoms with Gasteiger partial charge < -0.3 is 5.32 Å². The summed E-state index contributed by atoms with van der Waals surface area (Å²) >= 11 is 0. The zero-order valence-corrected chi connectivity index (χ0v) is 13.2. The molecule has 1 atom stereocenters. The third kappa shape index (κ3) is 3.22. The molecule has 0 radical (unpaired) electrons. The molecule has 116 valence electrons. The first-order chi connectivity index (χ1) is 10.1. The van der Waals surface area contributed by atoms with Gasteiger partial charge in [-0.1, -0.05) is 0 Å². The van der Waals surface area contributed by atoms with E-state index in [4.69, 9.17) is 0 Å². The molecule has 21 heavy (non-hydrogen) atoms. The SMILES string of the molecule is CC(CNS(=O)(=O)c1ccc2c(c1)CCN2)N1CCCC1. The van der Waals surface area contributed by atoms with Gasteiger partial charge in [-0.15, -0.1) is 0 Å². The molecule has 1 saturated heterocycles. The van der Waals surface area contributed by atoms with Crippen molar-refractivity contribution in [3.63, 3.8) is 0 Å². The second kappa shape index (κ2) is 5.94. The van der Waals surface area contributed by atoms with Gasteiger partial charge in [-0.05, 0) is 63.0 Å². The van der Waals surface area contributed by atoms with Crippen LogP contribution < -0.4 is 10.0 Å². The van der Waals surface area contributed by atoms with Crippen LogP contribution in [0.25, 0.3) is 0 Å². The van der Waals surface area contributed by atoms with Crippen molar-refractivity contribution in [2.75, 3.05) is 31.5 Å². The number of hydrogen-bond donors (Lipinski definition) is 2. The third-order valence-corrected chi connectivity index (χ3v) is 5.85. The maximum Gasteiger partial charge on any atom is 0.240 e. The van der Waals surface area contributed by atoms with Gasteiger partial charge in [0.2, 0.25) is 10.0 Å². The lowest BCUT2D eigenvalue weighted by atomic mass is 10.2. The maximum atomic E-state index is 12.4. The lowest BCUT2D eigenvalue weighted by Gasteiger charge is -2.23. The third-order valence-electron chi connectivity index (χ3n) is 4.43. The lowest BCUT2D eigenvalue weighted by molar-refractivity contribution is 0.260. The van der Waals surface area contributed by atoms with Crippen LogP contribution in [0.1, 0.15) is 25.3 Å². The summed E-state index contributed by atoms with van der Waals surface area (Å²) in [5.74, 6) is 0. The predicted molar refractivity (Wildman–Crippen MR) is 84.1 cm³/mol. The first-order valence-electron chi connectivity index (χ1n) is 7.67. The van der Waals surface area contributed by atoms with Gasteiger partial charge in [-0.2, -0.15) is 0 Å². The second-order valence-corrected chi connectivity index (χ2v) is 7.71. The lowest BCUT2D eigenvalue weighted by Crippen LogP contribution is -2.40. The van der Waals surface area contributed by atoms with E-state index < -0.39 is 10.0 Å². The van der Waals surface area contributed by atoms with Crippen molar-refractivity contribution in [1.82, 2.24) is 9.62 Å². The smallest absolute Gasteiger partial charge is 0.240 e. The van der Waals surface area contributed by atoms with Crippen LogP contribution >= 0.6 is 0 Å². The van der Waals surface area contributed by atoms with Crippen LogP contribution in [0.2, 0.25) is 0 Å². The molecule has 1 fully saturated rings. The Labute approximate surface area is 126 Å². The Morgan fingerprint density at radius 2 is 2.10 bits per heavy atom. The van der Waals surface area contributed by atoms with Crippen molar-refractivity contribution >= 4 is 15.7 Å². The van der Waals surface area contributed by atoms with Crippen molar-refractivity contribution in [1.29, 1.82) is 0 Å². The van der Waals surface area contributed by atoms with Gasteiger partial charge in [0, 0.05) is 24.8 Å². The molecule has 0 spiro atoms. The van der Waals surface area contributed by atoms with Crippen LogP contribution in [0.15, 0.2) is 23.1 Å². The first kappa shape index (κ1) is 14.8. The summed E-state index contributed by atoms with van der Waals surface area (Å²) in [6, 6.07) is 5.58. The van der Waals surface area contributed by atoms with Gasteiger partial charge in [0.1, 0.15) is 0 Å². The largest absolute Gasteiger partial charge is 0.384 e. The van der Waals surface area contributed by atoms with Crippen LogP contribution in [0.4, 0.5) is 5.69 Å². The molecule has 2 aliphatic heterocycles. The van der Waals surface area contributed by atoms with E-state index in [1.807, 2.05) is 6.07 Å². The molecule has 0 bridgehead atoms. The number of benzene rings is 1. The molecular formula is C15H23N3O2S. The van der Waals surface area contributed by atoms with Crippen molar-refractivity contribution in [3.8, 4) is 0 Å². The fraction of sp³-hybridized carbons (Fsp3) is 0.600. The Hall–Kier alpha value is -1.11. The van der Waals surface area contributed by atoms with Crippen molar-refractivity contribution in [2.24, 2.45) is 0 Å². The summed E-state index contributed by atoms with van der Waals surface area (Å²) in [4.78, 5) is 2.72. The zero-order valence-electron chi connectivity index (χ0n) is 12.4. The molecule has 0 amide bonds. The molecule has 1 aromatic rings. The predicted octanol–water partition coefficient (Wildman–Crippen LogP) is 1.42. The van der Waals surface area contributed by atoms with Crippen molar-refractivity contribution in [3.05, 3.63) is 23.8 Å². The van der Waals surface area contributed by atoms with E-state index in [1.54, 1.807) is 12.1 Å². The van der Waals surface area contributed by atoms with E-state index in [0.29, 0.717) is 11.4 Å². The highest BCUT2D eigenvalue weighted by atomic mass is 32.2. The molecule has 0 aromatic heterocycles. The van der Waals surface area contributed by atoms with E-state index in [0.717, 1.165) is 37.3 Å². The van der Waals surface area contributed by atoms with Crippen LogP contribution in [0, 0.1) is 0 Å². The van der Waals surface area contributed by atoms with Gasteiger partial charge in [-0.25, -0.2) is 13.1 Å². The van der Waals surface area contributed by atoms with Crippen molar-refractivity contribution in [2.45, 2.75) is 37.1 Å². The normalized spacial score (nSPS) is 20.2. The average molecular weight is 309 g/mol. The number of nitrogens with one attached hydrogen (secondary N) is 2. The molecule has 5 nitrogen and oxygen atoms in total. The Morgan fingerprint density at radius 1 is 1.33 bits per heavy atom. The molecule has 6 heteroatoms.